The number of fused-ring (bicyclic) bond motifs is 1. The highest BCUT2D eigenvalue weighted by molar-refractivity contribution is 5.91. The molecular formula is C23H14F3NO5. The van der Waals surface area contributed by atoms with Crippen molar-refractivity contribution in [3.8, 4) is 16.9 Å². The maximum absolute atomic E-state index is 14.3. The largest absolute Gasteiger partial charge is 0.474 e. The molecule has 0 saturated carbocycles. The number of benzene rings is 3. The smallest absolute Gasteiger partial charge is 0.337 e. The second kappa shape index (κ2) is 8.18. The average Bonchev–Trinajstić information content (AvgIpc) is 2.79. The zero-order valence-electron chi connectivity index (χ0n) is 16.5. The van der Waals surface area contributed by atoms with Gasteiger partial charge in [-0.1, -0.05) is 18.2 Å². The van der Waals surface area contributed by atoms with Gasteiger partial charge in [-0.15, -0.1) is 0 Å². The summed E-state index contributed by atoms with van der Waals surface area (Å²) in [7, 11) is 1.27. The van der Waals surface area contributed by atoms with Crippen molar-refractivity contribution in [2.75, 3.05) is 7.11 Å². The highest BCUT2D eigenvalue weighted by Gasteiger charge is 2.36. The van der Waals surface area contributed by atoms with Crippen molar-refractivity contribution in [3.63, 3.8) is 0 Å². The molecule has 0 fully saturated rings. The van der Waals surface area contributed by atoms with Gasteiger partial charge >= 0.3 is 5.97 Å². The summed E-state index contributed by atoms with van der Waals surface area (Å²) in [5.74, 6) is -4.24. The van der Waals surface area contributed by atoms with Crippen molar-refractivity contribution < 1.29 is 32.4 Å². The van der Waals surface area contributed by atoms with E-state index in [0.717, 1.165) is 0 Å². The second-order valence-electron chi connectivity index (χ2n) is 6.94. The summed E-state index contributed by atoms with van der Waals surface area (Å²) in [6.07, 6.45) is -0.376. The molecule has 6 nitrogen and oxygen atoms in total. The van der Waals surface area contributed by atoms with Gasteiger partial charge in [-0.2, -0.15) is 0 Å². The first-order valence-corrected chi connectivity index (χ1v) is 9.28. The van der Waals surface area contributed by atoms with Crippen LogP contribution in [0.5, 0.6) is 5.75 Å². The third kappa shape index (κ3) is 3.80. The fourth-order valence-electron chi connectivity index (χ4n) is 3.42. The Kier molecular flexibility index (Phi) is 5.40. The minimum absolute atomic E-state index is 0.192. The quantitative estimate of drug-likeness (QED) is 0.237. The first kappa shape index (κ1) is 21.1. The monoisotopic (exact) mass is 441 g/mol. The highest BCUT2D eigenvalue weighted by atomic mass is 19.2. The first-order valence-electron chi connectivity index (χ1n) is 9.28. The van der Waals surface area contributed by atoms with Crippen LogP contribution in [0.3, 0.4) is 0 Å². The van der Waals surface area contributed by atoms with Gasteiger partial charge in [0.2, 0.25) is 6.10 Å². The molecule has 0 aliphatic carbocycles. The van der Waals surface area contributed by atoms with E-state index in [9.17, 15) is 28.1 Å². The number of nitro groups is 1. The molecule has 162 valence electrons. The summed E-state index contributed by atoms with van der Waals surface area (Å²) in [6, 6.07) is 12.2. The molecule has 0 saturated heterocycles. The number of rotatable bonds is 4. The fraction of sp³-hybridized carbons (Fsp3) is 0.0870. The van der Waals surface area contributed by atoms with Crippen LogP contribution in [-0.2, 0) is 4.74 Å². The SMILES string of the molecule is COC(=O)c1cccc(-c2ccc3c(c2)C=C([N+](=O)[O-])C(c2cc(F)c(F)cc2F)O3)c1. The number of carbonyl (C=O) groups is 1. The van der Waals surface area contributed by atoms with E-state index in [1.54, 1.807) is 36.4 Å². The number of ether oxygens (including phenoxy) is 2. The molecule has 1 aliphatic heterocycles. The Bertz CT molecular complexity index is 1290. The van der Waals surface area contributed by atoms with E-state index in [1.807, 2.05) is 0 Å². The maximum Gasteiger partial charge on any atom is 0.337 e. The van der Waals surface area contributed by atoms with Crippen LogP contribution in [0, 0.1) is 27.6 Å². The van der Waals surface area contributed by atoms with Crippen molar-refractivity contribution in [2.45, 2.75) is 6.10 Å². The third-order valence-corrected chi connectivity index (χ3v) is 4.98. The van der Waals surface area contributed by atoms with E-state index in [2.05, 4.69) is 0 Å². The van der Waals surface area contributed by atoms with Crippen LogP contribution in [0.15, 0.2) is 60.3 Å². The topological polar surface area (TPSA) is 78.7 Å². The average molecular weight is 441 g/mol. The summed E-state index contributed by atoms with van der Waals surface area (Å²) >= 11 is 0. The lowest BCUT2D eigenvalue weighted by Gasteiger charge is -2.23. The number of hydrogen-bond donors (Lipinski definition) is 0. The summed E-state index contributed by atoms with van der Waals surface area (Å²) in [4.78, 5) is 22.7. The normalized spacial score (nSPS) is 14.8. The van der Waals surface area contributed by atoms with Gasteiger partial charge in [0.15, 0.2) is 11.6 Å². The number of methoxy groups -OCH3 is 1. The number of esters is 1. The van der Waals surface area contributed by atoms with E-state index in [-0.39, 0.29) is 5.75 Å². The fourth-order valence-corrected chi connectivity index (χ4v) is 3.42. The molecule has 0 spiro atoms. The van der Waals surface area contributed by atoms with Crippen molar-refractivity contribution in [1.82, 2.24) is 0 Å². The maximum atomic E-state index is 14.3. The van der Waals surface area contributed by atoms with Gasteiger partial charge in [-0.3, -0.25) is 10.1 Å². The zero-order chi connectivity index (χ0) is 23.0. The Morgan fingerprint density at radius 3 is 2.44 bits per heavy atom. The summed E-state index contributed by atoms with van der Waals surface area (Å²) in [5, 5.41) is 11.6. The highest BCUT2D eigenvalue weighted by Crippen LogP contribution is 2.40. The van der Waals surface area contributed by atoms with Gasteiger partial charge in [0, 0.05) is 23.3 Å². The number of halogens is 3. The predicted molar refractivity (Wildman–Crippen MR) is 108 cm³/mol. The lowest BCUT2D eigenvalue weighted by atomic mass is 9.96. The lowest BCUT2D eigenvalue weighted by Crippen LogP contribution is -2.21. The van der Waals surface area contributed by atoms with Crippen molar-refractivity contribution >= 4 is 12.0 Å². The van der Waals surface area contributed by atoms with Crippen molar-refractivity contribution in [1.29, 1.82) is 0 Å². The van der Waals surface area contributed by atoms with E-state index >= 15 is 0 Å². The van der Waals surface area contributed by atoms with Gasteiger partial charge in [-0.25, -0.2) is 18.0 Å². The van der Waals surface area contributed by atoms with Crippen LogP contribution in [0.2, 0.25) is 0 Å². The van der Waals surface area contributed by atoms with Gasteiger partial charge in [0.1, 0.15) is 11.6 Å². The molecule has 1 atom stereocenters. The summed E-state index contributed by atoms with van der Waals surface area (Å²) < 4.78 is 51.6. The van der Waals surface area contributed by atoms with E-state index in [0.29, 0.717) is 34.4 Å². The Morgan fingerprint density at radius 1 is 1.00 bits per heavy atom. The Morgan fingerprint density at radius 2 is 1.72 bits per heavy atom. The van der Waals surface area contributed by atoms with Crippen LogP contribution in [0.4, 0.5) is 13.2 Å². The van der Waals surface area contributed by atoms with Crippen LogP contribution < -0.4 is 4.74 Å². The molecule has 0 amide bonds. The molecule has 1 unspecified atom stereocenters. The van der Waals surface area contributed by atoms with Gasteiger partial charge < -0.3 is 9.47 Å². The lowest BCUT2D eigenvalue weighted by molar-refractivity contribution is -0.434. The minimum atomic E-state index is -1.57. The third-order valence-electron chi connectivity index (χ3n) is 4.98. The van der Waals surface area contributed by atoms with Gasteiger partial charge in [0.25, 0.3) is 5.70 Å². The Hall–Kier alpha value is -4.14. The van der Waals surface area contributed by atoms with E-state index < -0.39 is 45.7 Å². The molecule has 3 aromatic carbocycles. The van der Waals surface area contributed by atoms with Crippen LogP contribution in [0.25, 0.3) is 17.2 Å². The molecule has 9 heteroatoms. The molecule has 1 aliphatic rings. The second-order valence-corrected chi connectivity index (χ2v) is 6.94. The van der Waals surface area contributed by atoms with E-state index in [1.165, 1.54) is 19.3 Å². The first-order chi connectivity index (χ1) is 15.3. The predicted octanol–water partition coefficient (Wildman–Crippen LogP) is 5.31. The zero-order valence-corrected chi connectivity index (χ0v) is 16.5. The molecule has 32 heavy (non-hydrogen) atoms. The molecule has 3 aromatic rings. The Labute approximate surface area is 179 Å². The number of carbonyl (C=O) groups excluding carboxylic acids is 1. The Balaban J connectivity index is 1.77. The van der Waals surface area contributed by atoms with Gasteiger partial charge in [0.05, 0.1) is 17.6 Å². The van der Waals surface area contributed by atoms with Gasteiger partial charge in [-0.05, 0) is 41.5 Å². The number of nitrogens with zero attached hydrogens (tertiary/aromatic N) is 1. The van der Waals surface area contributed by atoms with Crippen molar-refractivity contribution in [3.05, 3.63) is 105 Å². The molecule has 0 aromatic heterocycles. The molecule has 1 heterocycles. The van der Waals surface area contributed by atoms with Crippen LogP contribution in [0.1, 0.15) is 27.6 Å². The molecular weight excluding hydrogens is 427 g/mol. The molecule has 0 bridgehead atoms. The summed E-state index contributed by atoms with van der Waals surface area (Å²) in [6.45, 7) is 0. The molecule has 0 radical (unpaired) electrons. The molecule has 0 N–H and O–H groups in total. The van der Waals surface area contributed by atoms with E-state index in [4.69, 9.17) is 9.47 Å². The minimum Gasteiger partial charge on any atom is -0.474 e. The van der Waals surface area contributed by atoms with Crippen molar-refractivity contribution in [2.24, 2.45) is 0 Å². The van der Waals surface area contributed by atoms with Crippen LogP contribution in [-0.4, -0.2) is 18.0 Å². The molecule has 4 rings (SSSR count). The summed E-state index contributed by atoms with van der Waals surface area (Å²) in [5.41, 5.74) is 0.913. The number of hydrogen-bond acceptors (Lipinski definition) is 5. The van der Waals surface area contributed by atoms with Crippen LogP contribution >= 0.6 is 0 Å². The standard InChI is InChI=1S/C23H14F3NO5/c1-31-23(28)14-4-2-3-12(7-14)13-5-6-21-15(8-13)9-20(27(29)30)22(32-21)16-10-18(25)19(26)11-17(16)24/h2-11,22H,1H3.